The lowest BCUT2D eigenvalue weighted by Crippen LogP contribution is -2.25. The number of aromatic nitrogens is 1. The molecular weight excluding hydrogens is 312 g/mol. The van der Waals surface area contributed by atoms with Gasteiger partial charge in [-0.2, -0.15) is 0 Å². The summed E-state index contributed by atoms with van der Waals surface area (Å²) in [6, 6.07) is 7.17. The number of aromatic carboxylic acids is 1. The molecule has 1 aromatic heterocycles. The van der Waals surface area contributed by atoms with Gasteiger partial charge in [0.05, 0.1) is 17.1 Å². The van der Waals surface area contributed by atoms with Crippen LogP contribution in [0.2, 0.25) is 5.02 Å². The van der Waals surface area contributed by atoms with E-state index in [0.717, 1.165) is 16.9 Å². The molecule has 21 heavy (non-hydrogen) atoms. The fourth-order valence-electron chi connectivity index (χ4n) is 1.82. The maximum atomic E-state index is 11.9. The summed E-state index contributed by atoms with van der Waals surface area (Å²) in [5.74, 6) is -1.33. The van der Waals surface area contributed by atoms with Crippen molar-refractivity contribution in [1.82, 2.24) is 10.3 Å². The first-order valence-corrected chi connectivity index (χ1v) is 7.36. The first kappa shape index (κ1) is 15.5. The minimum atomic E-state index is -1.06. The number of rotatable bonds is 5. The molecule has 0 saturated carbocycles. The highest BCUT2D eigenvalue weighted by Gasteiger charge is 2.18. The molecule has 0 aliphatic carbocycles. The standard InChI is InChI=1S/C14H13ClN2O3S/c1-8-17-11(13(21-8)14(19)20)6-12(18)16-7-9-3-2-4-10(15)5-9/h2-5H,6-7H2,1H3,(H,16,18)(H,19,20). The Bertz CT molecular complexity index is 685. The summed E-state index contributed by atoms with van der Waals surface area (Å²) in [6.45, 7) is 2.05. The molecule has 0 aliphatic heterocycles. The molecule has 0 fully saturated rings. The highest BCUT2D eigenvalue weighted by atomic mass is 35.5. The topological polar surface area (TPSA) is 79.3 Å². The van der Waals surface area contributed by atoms with Crippen molar-refractivity contribution in [3.63, 3.8) is 0 Å². The molecule has 0 atom stereocenters. The van der Waals surface area contributed by atoms with Crippen LogP contribution in [0.3, 0.4) is 0 Å². The normalized spacial score (nSPS) is 10.4. The van der Waals surface area contributed by atoms with Crippen LogP contribution >= 0.6 is 22.9 Å². The number of benzene rings is 1. The van der Waals surface area contributed by atoms with Gasteiger partial charge >= 0.3 is 5.97 Å². The number of aryl methyl sites for hydroxylation is 1. The van der Waals surface area contributed by atoms with Gasteiger partial charge in [-0.15, -0.1) is 11.3 Å². The van der Waals surface area contributed by atoms with Crippen molar-refractivity contribution >= 4 is 34.8 Å². The number of hydrogen-bond donors (Lipinski definition) is 2. The molecule has 5 nitrogen and oxygen atoms in total. The van der Waals surface area contributed by atoms with Crippen molar-refractivity contribution in [3.8, 4) is 0 Å². The number of carboxylic acids is 1. The zero-order chi connectivity index (χ0) is 15.4. The average Bonchev–Trinajstić information content (AvgIpc) is 2.77. The van der Waals surface area contributed by atoms with Crippen LogP contribution in [0.25, 0.3) is 0 Å². The number of carboxylic acid groups (broad SMARTS) is 1. The summed E-state index contributed by atoms with van der Waals surface area (Å²) in [4.78, 5) is 27.2. The third-order valence-electron chi connectivity index (χ3n) is 2.71. The van der Waals surface area contributed by atoms with E-state index in [-0.39, 0.29) is 17.2 Å². The van der Waals surface area contributed by atoms with Gasteiger partial charge in [0.15, 0.2) is 0 Å². The van der Waals surface area contributed by atoms with Crippen molar-refractivity contribution in [2.75, 3.05) is 0 Å². The Morgan fingerprint density at radius 3 is 2.86 bits per heavy atom. The Hall–Kier alpha value is -1.92. The minimum Gasteiger partial charge on any atom is -0.477 e. The van der Waals surface area contributed by atoms with Crippen LogP contribution < -0.4 is 5.32 Å². The lowest BCUT2D eigenvalue weighted by atomic mass is 10.2. The molecule has 0 radical (unpaired) electrons. The zero-order valence-electron chi connectivity index (χ0n) is 11.2. The van der Waals surface area contributed by atoms with Crippen LogP contribution in [0, 0.1) is 6.92 Å². The van der Waals surface area contributed by atoms with Crippen LogP contribution in [0.5, 0.6) is 0 Å². The van der Waals surface area contributed by atoms with Crippen molar-refractivity contribution in [2.24, 2.45) is 0 Å². The largest absolute Gasteiger partial charge is 0.477 e. The lowest BCUT2D eigenvalue weighted by molar-refractivity contribution is -0.120. The molecule has 1 aromatic carbocycles. The van der Waals surface area contributed by atoms with Gasteiger partial charge in [-0.25, -0.2) is 9.78 Å². The van der Waals surface area contributed by atoms with E-state index in [1.165, 1.54) is 0 Å². The molecule has 1 amide bonds. The molecular formula is C14H13ClN2O3S. The van der Waals surface area contributed by atoms with E-state index in [2.05, 4.69) is 10.3 Å². The van der Waals surface area contributed by atoms with Crippen molar-refractivity contribution in [2.45, 2.75) is 19.9 Å². The van der Waals surface area contributed by atoms with Crippen LogP contribution in [0.4, 0.5) is 0 Å². The predicted molar refractivity (Wildman–Crippen MR) is 80.8 cm³/mol. The van der Waals surface area contributed by atoms with Crippen LogP contribution in [0.15, 0.2) is 24.3 Å². The number of nitrogens with one attached hydrogen (secondary N) is 1. The monoisotopic (exact) mass is 324 g/mol. The van der Waals surface area contributed by atoms with Gasteiger partial charge < -0.3 is 10.4 Å². The summed E-state index contributed by atoms with van der Waals surface area (Å²) in [7, 11) is 0. The van der Waals surface area contributed by atoms with E-state index < -0.39 is 5.97 Å². The van der Waals surface area contributed by atoms with E-state index in [0.29, 0.717) is 22.3 Å². The smallest absolute Gasteiger partial charge is 0.347 e. The molecule has 2 aromatic rings. The Labute approximate surface area is 130 Å². The minimum absolute atomic E-state index is 0.0491. The van der Waals surface area contributed by atoms with Crippen molar-refractivity contribution in [1.29, 1.82) is 0 Å². The zero-order valence-corrected chi connectivity index (χ0v) is 12.8. The van der Waals surface area contributed by atoms with Gasteiger partial charge in [-0.05, 0) is 24.6 Å². The summed E-state index contributed by atoms with van der Waals surface area (Å²) in [6.07, 6.45) is -0.0491. The summed E-state index contributed by atoms with van der Waals surface area (Å²) in [5, 5.41) is 13.0. The van der Waals surface area contributed by atoms with Gasteiger partial charge in [-0.3, -0.25) is 4.79 Å². The Morgan fingerprint density at radius 2 is 2.19 bits per heavy atom. The number of amides is 1. The number of nitrogens with zero attached hydrogens (tertiary/aromatic N) is 1. The Balaban J connectivity index is 1.97. The number of hydrogen-bond acceptors (Lipinski definition) is 4. The van der Waals surface area contributed by atoms with E-state index >= 15 is 0 Å². The fraction of sp³-hybridized carbons (Fsp3) is 0.214. The van der Waals surface area contributed by atoms with Crippen LogP contribution in [0.1, 0.15) is 25.9 Å². The summed E-state index contributed by atoms with van der Waals surface area (Å²) in [5.41, 5.74) is 1.18. The molecule has 0 unspecified atom stereocenters. The molecule has 0 aliphatic rings. The van der Waals surface area contributed by atoms with Crippen molar-refractivity contribution < 1.29 is 14.7 Å². The van der Waals surface area contributed by atoms with Crippen molar-refractivity contribution in [3.05, 3.63) is 50.4 Å². The summed E-state index contributed by atoms with van der Waals surface area (Å²) < 4.78 is 0. The SMILES string of the molecule is Cc1nc(CC(=O)NCc2cccc(Cl)c2)c(C(=O)O)s1. The van der Waals surface area contributed by atoms with Gasteiger partial charge in [-0.1, -0.05) is 23.7 Å². The lowest BCUT2D eigenvalue weighted by Gasteiger charge is -2.05. The number of halogens is 1. The third kappa shape index (κ3) is 4.27. The van der Waals surface area contributed by atoms with Gasteiger partial charge in [0.25, 0.3) is 0 Å². The average molecular weight is 325 g/mol. The summed E-state index contributed by atoms with van der Waals surface area (Å²) >= 11 is 6.93. The fourth-order valence-corrected chi connectivity index (χ4v) is 2.81. The van der Waals surface area contributed by atoms with E-state index in [9.17, 15) is 9.59 Å². The first-order valence-electron chi connectivity index (χ1n) is 6.16. The second-order valence-electron chi connectivity index (χ2n) is 4.40. The van der Waals surface area contributed by atoms with Gasteiger partial charge in [0, 0.05) is 11.6 Å². The van der Waals surface area contributed by atoms with Gasteiger partial charge in [0.2, 0.25) is 5.91 Å². The Morgan fingerprint density at radius 1 is 1.43 bits per heavy atom. The number of thiazole rings is 1. The van der Waals surface area contributed by atoms with Crippen LogP contribution in [-0.4, -0.2) is 22.0 Å². The first-order chi connectivity index (χ1) is 9.95. The number of carbonyl (C=O) groups excluding carboxylic acids is 1. The second-order valence-corrected chi connectivity index (χ2v) is 6.04. The molecule has 7 heteroatoms. The second kappa shape index (κ2) is 6.69. The van der Waals surface area contributed by atoms with Gasteiger partial charge in [0.1, 0.15) is 4.88 Å². The maximum absolute atomic E-state index is 11.9. The van der Waals surface area contributed by atoms with E-state index in [4.69, 9.17) is 16.7 Å². The molecule has 110 valence electrons. The highest BCUT2D eigenvalue weighted by molar-refractivity contribution is 7.13. The Kier molecular flexibility index (Phi) is 4.93. The van der Waals surface area contributed by atoms with Crippen LogP contribution in [-0.2, 0) is 17.8 Å². The third-order valence-corrected chi connectivity index (χ3v) is 3.94. The highest BCUT2D eigenvalue weighted by Crippen LogP contribution is 2.18. The molecule has 1 heterocycles. The predicted octanol–water partition coefficient (Wildman–Crippen LogP) is 2.66. The van der Waals surface area contributed by atoms with E-state index in [1.807, 2.05) is 6.07 Å². The number of carbonyl (C=O) groups is 2. The molecule has 2 rings (SSSR count). The maximum Gasteiger partial charge on any atom is 0.347 e. The molecule has 0 saturated heterocycles. The molecule has 0 spiro atoms. The molecule has 2 N–H and O–H groups in total. The molecule has 0 bridgehead atoms. The van der Waals surface area contributed by atoms with E-state index in [1.54, 1.807) is 25.1 Å². The quantitative estimate of drug-likeness (QED) is 0.886.